The van der Waals surface area contributed by atoms with E-state index in [4.69, 9.17) is 5.26 Å². The van der Waals surface area contributed by atoms with Crippen LogP contribution in [0.3, 0.4) is 0 Å². The lowest BCUT2D eigenvalue weighted by atomic mass is 10.2. The van der Waals surface area contributed by atoms with Gasteiger partial charge < -0.3 is 0 Å². The van der Waals surface area contributed by atoms with Gasteiger partial charge in [-0.25, -0.2) is 8.42 Å². The van der Waals surface area contributed by atoms with E-state index in [0.29, 0.717) is 38.4 Å². The molecular weight excluding hydrogens is 422 g/mol. The number of benzene rings is 1. The van der Waals surface area contributed by atoms with Crippen LogP contribution in [0.4, 0.5) is 0 Å². The monoisotopic (exact) mass is 441 g/mol. The molecule has 1 saturated heterocycles. The highest BCUT2D eigenvalue weighted by molar-refractivity contribution is 7.89. The first-order valence-corrected chi connectivity index (χ1v) is 11.6. The first-order valence-electron chi connectivity index (χ1n) is 9.31. The molecule has 30 heavy (non-hydrogen) atoms. The van der Waals surface area contributed by atoms with Crippen molar-refractivity contribution in [1.29, 1.82) is 5.26 Å². The Morgan fingerprint density at radius 3 is 2.43 bits per heavy atom. The van der Waals surface area contributed by atoms with Gasteiger partial charge in [0.2, 0.25) is 10.0 Å². The molecule has 3 heterocycles. The minimum atomic E-state index is -3.61. The molecule has 4 rings (SSSR count). The summed E-state index contributed by atoms with van der Waals surface area (Å²) < 4.78 is 28.9. The highest BCUT2D eigenvalue weighted by Crippen LogP contribution is 2.20. The van der Waals surface area contributed by atoms with Crippen molar-refractivity contribution in [3.05, 3.63) is 69.3 Å². The molecule has 1 fully saturated rings. The largest absolute Gasteiger partial charge is 0.308 e. The number of nitriles is 1. The average Bonchev–Trinajstić information content (AvgIpc) is 3.15. The second kappa shape index (κ2) is 8.49. The summed E-state index contributed by atoms with van der Waals surface area (Å²) in [6.45, 7) is 2.08. The lowest BCUT2D eigenvalue weighted by molar-refractivity contribution is 0.152. The van der Waals surface area contributed by atoms with E-state index >= 15 is 0 Å². The average molecular weight is 442 g/mol. The third kappa shape index (κ3) is 4.06. The minimum Gasteiger partial charge on any atom is -0.284 e. The Kier molecular flexibility index (Phi) is 5.78. The van der Waals surface area contributed by atoms with E-state index in [9.17, 15) is 13.2 Å². The predicted molar refractivity (Wildman–Crippen MR) is 113 cm³/mol. The van der Waals surface area contributed by atoms with E-state index in [1.807, 2.05) is 24.3 Å². The second-order valence-corrected chi connectivity index (χ2v) is 9.59. The van der Waals surface area contributed by atoms with Gasteiger partial charge in [0.05, 0.1) is 34.6 Å². The standard InChI is InChI=1S/C20H19N5O3S2/c21-13-16-4-6-17(7-5-16)30(27,28)24-11-9-23(10-12-24)15-25-19(14-29-20(25)26)18-3-1-2-8-22-18/h1-8,14H,9-12,15H2. The van der Waals surface area contributed by atoms with Gasteiger partial charge in [-0.1, -0.05) is 17.4 Å². The Bertz CT molecular complexity index is 1220. The highest BCUT2D eigenvalue weighted by atomic mass is 32.2. The summed E-state index contributed by atoms with van der Waals surface area (Å²) in [6, 6.07) is 13.5. The maximum Gasteiger partial charge on any atom is 0.308 e. The van der Waals surface area contributed by atoms with E-state index in [2.05, 4.69) is 9.88 Å². The van der Waals surface area contributed by atoms with Crippen LogP contribution in [0.2, 0.25) is 0 Å². The number of rotatable bonds is 5. The zero-order chi connectivity index (χ0) is 21.1. The fraction of sp³-hybridized carbons (Fsp3) is 0.250. The topological polar surface area (TPSA) is 99.3 Å². The fourth-order valence-corrected chi connectivity index (χ4v) is 5.51. The van der Waals surface area contributed by atoms with Crippen LogP contribution in [0.1, 0.15) is 5.56 Å². The van der Waals surface area contributed by atoms with Gasteiger partial charge in [-0.2, -0.15) is 9.57 Å². The maximum absolute atomic E-state index is 12.9. The highest BCUT2D eigenvalue weighted by Gasteiger charge is 2.29. The second-order valence-electron chi connectivity index (χ2n) is 6.83. The minimum absolute atomic E-state index is 0.0664. The summed E-state index contributed by atoms with van der Waals surface area (Å²) in [5, 5.41) is 10.7. The molecule has 1 aliphatic rings. The van der Waals surface area contributed by atoms with Crippen molar-refractivity contribution in [2.75, 3.05) is 26.2 Å². The van der Waals surface area contributed by atoms with Gasteiger partial charge in [-0.15, -0.1) is 0 Å². The molecule has 0 bridgehead atoms. The SMILES string of the molecule is N#Cc1ccc(S(=O)(=O)N2CCN(Cn3c(-c4ccccn4)csc3=O)CC2)cc1. The van der Waals surface area contributed by atoms with Gasteiger partial charge in [0.15, 0.2) is 0 Å². The number of nitrogens with zero attached hydrogens (tertiary/aromatic N) is 5. The van der Waals surface area contributed by atoms with Crippen LogP contribution in [0.15, 0.2) is 63.7 Å². The fourth-order valence-electron chi connectivity index (χ4n) is 3.34. The van der Waals surface area contributed by atoms with E-state index in [1.165, 1.54) is 28.6 Å². The predicted octanol–water partition coefficient (Wildman–Crippen LogP) is 1.81. The molecule has 0 spiro atoms. The maximum atomic E-state index is 12.9. The molecule has 0 unspecified atom stereocenters. The molecule has 1 aromatic carbocycles. The number of piperazine rings is 1. The Morgan fingerprint density at radius 1 is 1.07 bits per heavy atom. The van der Waals surface area contributed by atoms with Gasteiger partial charge in [-0.05, 0) is 36.4 Å². The molecule has 3 aromatic rings. The summed E-state index contributed by atoms with van der Waals surface area (Å²) in [5.74, 6) is 0. The number of pyridine rings is 1. The lowest BCUT2D eigenvalue weighted by Crippen LogP contribution is -2.49. The summed E-state index contributed by atoms with van der Waals surface area (Å²) >= 11 is 1.13. The van der Waals surface area contributed by atoms with E-state index in [-0.39, 0.29) is 9.77 Å². The van der Waals surface area contributed by atoms with Crippen LogP contribution in [0.5, 0.6) is 0 Å². The summed E-state index contributed by atoms with van der Waals surface area (Å²) in [4.78, 5) is 18.8. The van der Waals surface area contributed by atoms with Crippen molar-refractivity contribution in [3.63, 3.8) is 0 Å². The zero-order valence-corrected chi connectivity index (χ0v) is 17.6. The number of sulfonamides is 1. The number of thiazole rings is 1. The molecular formula is C20H19N5O3S2. The molecule has 8 nitrogen and oxygen atoms in total. The number of aromatic nitrogens is 2. The van der Waals surface area contributed by atoms with Crippen molar-refractivity contribution in [2.24, 2.45) is 0 Å². The molecule has 2 aromatic heterocycles. The third-order valence-electron chi connectivity index (χ3n) is 5.00. The molecule has 0 aliphatic carbocycles. The quantitative estimate of drug-likeness (QED) is 0.599. The van der Waals surface area contributed by atoms with Crippen molar-refractivity contribution in [2.45, 2.75) is 11.6 Å². The van der Waals surface area contributed by atoms with Gasteiger partial charge in [0.25, 0.3) is 0 Å². The smallest absolute Gasteiger partial charge is 0.284 e. The molecule has 1 aliphatic heterocycles. The van der Waals surface area contributed by atoms with Crippen molar-refractivity contribution in [1.82, 2.24) is 18.8 Å². The third-order valence-corrected chi connectivity index (χ3v) is 7.68. The molecule has 0 atom stereocenters. The van der Waals surface area contributed by atoms with E-state index < -0.39 is 10.0 Å². The lowest BCUT2D eigenvalue weighted by Gasteiger charge is -2.34. The normalized spacial score (nSPS) is 15.7. The number of hydrogen-bond acceptors (Lipinski definition) is 7. The molecule has 10 heteroatoms. The van der Waals surface area contributed by atoms with Gasteiger partial charge in [0, 0.05) is 37.8 Å². The first-order chi connectivity index (χ1) is 14.5. The van der Waals surface area contributed by atoms with Gasteiger partial charge >= 0.3 is 4.87 Å². The first kappa shape index (κ1) is 20.4. The zero-order valence-electron chi connectivity index (χ0n) is 16.0. The molecule has 154 valence electrons. The van der Waals surface area contributed by atoms with Crippen LogP contribution in [-0.2, 0) is 16.7 Å². The summed E-state index contributed by atoms with van der Waals surface area (Å²) in [5.41, 5.74) is 1.92. The van der Waals surface area contributed by atoms with Crippen LogP contribution < -0.4 is 4.87 Å². The summed E-state index contributed by atoms with van der Waals surface area (Å²) in [6.07, 6.45) is 1.69. The van der Waals surface area contributed by atoms with E-state index in [1.54, 1.807) is 16.1 Å². The number of hydrogen-bond donors (Lipinski definition) is 0. The Balaban J connectivity index is 1.45. The Hall–Kier alpha value is -2.84. The molecule has 0 amide bonds. The molecule has 0 radical (unpaired) electrons. The Labute approximate surface area is 178 Å². The Morgan fingerprint density at radius 2 is 1.80 bits per heavy atom. The van der Waals surface area contributed by atoms with Crippen molar-refractivity contribution >= 4 is 21.4 Å². The van der Waals surface area contributed by atoms with E-state index in [0.717, 1.165) is 22.7 Å². The van der Waals surface area contributed by atoms with Crippen molar-refractivity contribution < 1.29 is 8.42 Å². The van der Waals surface area contributed by atoms with Crippen LogP contribution in [0.25, 0.3) is 11.4 Å². The van der Waals surface area contributed by atoms with Gasteiger partial charge in [-0.3, -0.25) is 19.2 Å². The molecule has 0 N–H and O–H groups in total. The molecule has 0 saturated carbocycles. The van der Waals surface area contributed by atoms with Crippen molar-refractivity contribution in [3.8, 4) is 17.5 Å². The van der Waals surface area contributed by atoms with Crippen LogP contribution in [0, 0.1) is 11.3 Å². The van der Waals surface area contributed by atoms with Crippen LogP contribution >= 0.6 is 11.3 Å². The van der Waals surface area contributed by atoms with Gasteiger partial charge in [0.1, 0.15) is 0 Å². The van der Waals surface area contributed by atoms with Crippen LogP contribution in [-0.4, -0.2) is 53.4 Å². The summed E-state index contributed by atoms with van der Waals surface area (Å²) in [7, 11) is -3.61.